The number of aromatic amines is 1. The number of halogens is 3. The highest BCUT2D eigenvalue weighted by atomic mass is 32.2. The van der Waals surface area contributed by atoms with Crippen molar-refractivity contribution in [3.05, 3.63) is 63.1 Å². The summed E-state index contributed by atoms with van der Waals surface area (Å²) < 4.78 is 66.0. The third-order valence-corrected chi connectivity index (χ3v) is 5.19. The minimum Gasteiger partial charge on any atom is -0.323 e. The maximum Gasteiger partial charge on any atom is 0.418 e. The van der Waals surface area contributed by atoms with E-state index >= 15 is 0 Å². The summed E-state index contributed by atoms with van der Waals surface area (Å²) in [5.74, 6) is -1.07. The van der Waals surface area contributed by atoms with Gasteiger partial charge in [0, 0.05) is 18.8 Å². The average molecular weight is 444 g/mol. The number of hydrogen-bond donors (Lipinski definition) is 1. The molecule has 1 amide bonds. The summed E-state index contributed by atoms with van der Waals surface area (Å²) in [6, 6.07) is 4.41. The number of rotatable bonds is 4. The van der Waals surface area contributed by atoms with Gasteiger partial charge in [0.25, 0.3) is 21.5 Å². The molecule has 0 aliphatic heterocycles. The molecule has 2 heterocycles. The Bertz CT molecular complexity index is 1360. The molecule has 13 heteroatoms. The highest BCUT2D eigenvalue weighted by Crippen LogP contribution is 2.35. The molecular formula is C17H15F3N4O5S. The lowest BCUT2D eigenvalue weighted by Crippen LogP contribution is -2.55. The number of carbonyl (C=O) groups is 1. The Morgan fingerprint density at radius 3 is 2.27 bits per heavy atom. The maximum absolute atomic E-state index is 13.6. The predicted octanol–water partition coefficient (Wildman–Crippen LogP) is 1.33. The molecule has 0 aliphatic carbocycles. The smallest absolute Gasteiger partial charge is 0.323 e. The van der Waals surface area contributed by atoms with Gasteiger partial charge in [-0.1, -0.05) is 6.92 Å². The van der Waals surface area contributed by atoms with Gasteiger partial charge in [0.1, 0.15) is 0 Å². The first-order valence-electron chi connectivity index (χ1n) is 8.43. The summed E-state index contributed by atoms with van der Waals surface area (Å²) in [7, 11) is -4.39. The molecule has 0 atom stereocenters. The van der Waals surface area contributed by atoms with Crippen molar-refractivity contribution in [2.24, 2.45) is 0 Å². The van der Waals surface area contributed by atoms with Crippen molar-refractivity contribution < 1.29 is 26.4 Å². The Morgan fingerprint density at radius 1 is 1.17 bits per heavy atom. The van der Waals surface area contributed by atoms with Gasteiger partial charge in [-0.3, -0.25) is 9.59 Å². The van der Waals surface area contributed by atoms with E-state index < -0.39 is 55.5 Å². The van der Waals surface area contributed by atoms with E-state index in [0.29, 0.717) is 12.3 Å². The van der Waals surface area contributed by atoms with E-state index in [9.17, 15) is 36.0 Å². The Kier molecular flexibility index (Phi) is 5.10. The number of benzene rings is 1. The zero-order valence-corrected chi connectivity index (χ0v) is 16.4. The van der Waals surface area contributed by atoms with Crippen molar-refractivity contribution in [1.82, 2.24) is 14.2 Å². The molecule has 0 bridgehead atoms. The zero-order chi connectivity index (χ0) is 22.4. The molecule has 2 aromatic heterocycles. The lowest BCUT2D eigenvalue weighted by molar-refractivity contribution is -0.137. The minimum atomic E-state index is -4.81. The van der Waals surface area contributed by atoms with Gasteiger partial charge in [0.2, 0.25) is 0 Å². The van der Waals surface area contributed by atoms with Gasteiger partial charge in [-0.15, -0.1) is 9.09 Å². The van der Waals surface area contributed by atoms with Crippen molar-refractivity contribution in [2.75, 3.05) is 10.7 Å². The zero-order valence-electron chi connectivity index (χ0n) is 15.6. The van der Waals surface area contributed by atoms with E-state index in [-0.39, 0.29) is 15.5 Å². The first-order chi connectivity index (χ1) is 13.9. The standard InChI is InChI=1S/C17H15F3N4O5S/c1-3-14(25)24(30(2,28)29)23-15(26)10-8-13(22-6-4-5-7-22)11(17(18,19)20)9-12(10)21-16(23)27/h4-9H,3H2,1-2H3,(H,21,27). The third-order valence-electron chi connectivity index (χ3n) is 4.19. The maximum atomic E-state index is 13.6. The van der Waals surface area contributed by atoms with E-state index in [4.69, 9.17) is 0 Å². The Balaban J connectivity index is 2.45. The van der Waals surface area contributed by atoms with Crippen LogP contribution in [0.5, 0.6) is 0 Å². The molecule has 3 rings (SSSR count). The lowest BCUT2D eigenvalue weighted by Gasteiger charge is -2.21. The van der Waals surface area contributed by atoms with Gasteiger partial charge in [-0.25, -0.2) is 13.2 Å². The second-order valence-corrected chi connectivity index (χ2v) is 8.12. The molecule has 9 nitrogen and oxygen atoms in total. The molecule has 0 saturated heterocycles. The van der Waals surface area contributed by atoms with Gasteiger partial charge in [0.05, 0.1) is 28.4 Å². The summed E-state index contributed by atoms with van der Waals surface area (Å²) in [6.45, 7) is 1.32. The van der Waals surface area contributed by atoms with E-state index in [1.807, 2.05) is 0 Å². The molecule has 0 aliphatic rings. The number of H-pyrrole nitrogens is 1. The van der Waals surface area contributed by atoms with Crippen LogP contribution in [0.15, 0.2) is 46.2 Å². The number of carbonyl (C=O) groups excluding carboxylic acids is 1. The SMILES string of the molecule is CCC(=O)N(n1c(=O)[nH]c2cc(C(F)(F)F)c(-n3cccc3)cc2c1=O)S(C)(=O)=O. The van der Waals surface area contributed by atoms with Gasteiger partial charge in [0.15, 0.2) is 0 Å². The fraction of sp³-hybridized carbons (Fsp3) is 0.235. The number of aromatic nitrogens is 3. The van der Waals surface area contributed by atoms with E-state index in [2.05, 4.69) is 4.98 Å². The van der Waals surface area contributed by atoms with Crippen LogP contribution < -0.4 is 15.7 Å². The Hall–Kier alpha value is -3.35. The highest BCUT2D eigenvalue weighted by Gasteiger charge is 2.35. The van der Waals surface area contributed by atoms with Crippen LogP contribution in [-0.2, 0) is 21.0 Å². The number of nitrogens with one attached hydrogen (secondary N) is 1. The number of hydrogen-bond acceptors (Lipinski definition) is 5. The van der Waals surface area contributed by atoms with Gasteiger partial charge in [-0.2, -0.15) is 13.2 Å². The van der Waals surface area contributed by atoms with Gasteiger partial charge >= 0.3 is 11.9 Å². The second kappa shape index (κ2) is 7.16. The summed E-state index contributed by atoms with van der Waals surface area (Å²) >= 11 is 0. The van der Waals surface area contributed by atoms with Gasteiger partial charge in [-0.05, 0) is 24.3 Å². The van der Waals surface area contributed by atoms with Crippen LogP contribution in [-0.4, -0.2) is 34.8 Å². The normalized spacial score (nSPS) is 12.3. The molecular weight excluding hydrogens is 429 g/mol. The molecule has 30 heavy (non-hydrogen) atoms. The first kappa shape index (κ1) is 21.4. The summed E-state index contributed by atoms with van der Waals surface area (Å²) in [4.78, 5) is 39.5. The van der Waals surface area contributed by atoms with E-state index in [0.717, 1.165) is 10.6 Å². The van der Waals surface area contributed by atoms with Crippen molar-refractivity contribution >= 4 is 26.8 Å². The van der Waals surface area contributed by atoms with Crippen LogP contribution in [0, 0.1) is 0 Å². The molecule has 0 saturated carbocycles. The molecule has 0 spiro atoms. The van der Waals surface area contributed by atoms with E-state index in [1.165, 1.54) is 31.5 Å². The fourth-order valence-corrected chi connectivity index (χ4v) is 3.87. The van der Waals surface area contributed by atoms with Crippen molar-refractivity contribution in [2.45, 2.75) is 19.5 Å². The minimum absolute atomic E-state index is 0.000605. The first-order valence-corrected chi connectivity index (χ1v) is 10.3. The summed E-state index contributed by atoms with van der Waals surface area (Å²) in [6.07, 6.45) is -1.89. The fourth-order valence-electron chi connectivity index (χ4n) is 2.92. The van der Waals surface area contributed by atoms with Crippen molar-refractivity contribution in [3.63, 3.8) is 0 Å². The highest BCUT2D eigenvalue weighted by molar-refractivity contribution is 7.92. The topological polar surface area (TPSA) is 114 Å². The second-order valence-electron chi connectivity index (χ2n) is 6.30. The third kappa shape index (κ3) is 3.63. The molecule has 160 valence electrons. The summed E-state index contributed by atoms with van der Waals surface area (Å²) in [5.41, 5.74) is -4.63. The number of fused-ring (bicyclic) bond motifs is 1. The lowest BCUT2D eigenvalue weighted by atomic mass is 10.1. The number of alkyl halides is 3. The number of sulfonamides is 1. The van der Waals surface area contributed by atoms with Gasteiger partial charge < -0.3 is 9.55 Å². The largest absolute Gasteiger partial charge is 0.418 e. The summed E-state index contributed by atoms with van der Waals surface area (Å²) in [5, 5.41) is -0.413. The Morgan fingerprint density at radius 2 is 1.77 bits per heavy atom. The average Bonchev–Trinajstić information content (AvgIpc) is 3.16. The van der Waals surface area contributed by atoms with Crippen molar-refractivity contribution in [1.29, 1.82) is 0 Å². The molecule has 0 fully saturated rings. The quantitative estimate of drug-likeness (QED) is 0.652. The molecule has 0 unspecified atom stereocenters. The van der Waals surface area contributed by atoms with Crippen LogP contribution in [0.4, 0.5) is 13.2 Å². The van der Waals surface area contributed by atoms with E-state index in [1.54, 1.807) is 0 Å². The molecule has 1 aromatic carbocycles. The number of nitrogens with zero attached hydrogens (tertiary/aromatic N) is 3. The predicted molar refractivity (Wildman–Crippen MR) is 102 cm³/mol. The molecule has 3 aromatic rings. The van der Waals surface area contributed by atoms with Crippen LogP contribution >= 0.6 is 0 Å². The van der Waals surface area contributed by atoms with Crippen LogP contribution in [0.2, 0.25) is 0 Å². The number of amides is 1. The van der Waals surface area contributed by atoms with Crippen molar-refractivity contribution in [3.8, 4) is 5.69 Å². The Labute approximate surface area is 167 Å². The molecule has 0 radical (unpaired) electrons. The van der Waals surface area contributed by atoms with Crippen LogP contribution in [0.3, 0.4) is 0 Å². The molecule has 1 N–H and O–H groups in total. The van der Waals surface area contributed by atoms with Crippen LogP contribution in [0.25, 0.3) is 16.6 Å². The van der Waals surface area contributed by atoms with Crippen LogP contribution in [0.1, 0.15) is 18.9 Å². The monoisotopic (exact) mass is 444 g/mol.